The summed E-state index contributed by atoms with van der Waals surface area (Å²) in [5, 5.41) is 3.38. The normalized spacial score (nSPS) is 24.5. The molecule has 0 saturated carbocycles. The summed E-state index contributed by atoms with van der Waals surface area (Å²) >= 11 is 0. The monoisotopic (exact) mass is 249 g/mol. The lowest BCUT2D eigenvalue weighted by atomic mass is 9.92. The molecular weight excluding hydrogens is 234 g/mol. The Kier molecular flexibility index (Phi) is 2.55. The van der Waals surface area contributed by atoms with Crippen LogP contribution in [0.25, 0.3) is 11.2 Å². The average Bonchev–Trinajstić information content (AvgIpc) is 2.73. The summed E-state index contributed by atoms with van der Waals surface area (Å²) in [7, 11) is 0. The maximum absolute atomic E-state index is 11.6. The van der Waals surface area contributed by atoms with Gasteiger partial charge in [0.2, 0.25) is 0 Å². The van der Waals surface area contributed by atoms with Crippen molar-refractivity contribution in [2.75, 3.05) is 6.54 Å². The molecule has 2 aromatic heterocycles. The Balaban J connectivity index is 2.10. The van der Waals surface area contributed by atoms with Gasteiger partial charge in [-0.2, -0.15) is 0 Å². The third-order valence-corrected chi connectivity index (χ3v) is 3.47. The molecule has 0 aromatic carbocycles. The first kappa shape index (κ1) is 11.2. The molecule has 1 fully saturated rings. The molecule has 0 spiro atoms. The van der Waals surface area contributed by atoms with Gasteiger partial charge in [-0.1, -0.05) is 6.92 Å². The largest absolute Gasteiger partial charge is 0.335 e. The molecule has 0 radical (unpaired) electrons. The van der Waals surface area contributed by atoms with E-state index in [2.05, 4.69) is 32.2 Å². The average molecular weight is 249 g/mol. The first-order valence-electron chi connectivity index (χ1n) is 6.11. The highest BCUT2D eigenvalue weighted by Gasteiger charge is 2.25. The molecule has 7 heteroatoms. The fourth-order valence-electron chi connectivity index (χ4n) is 2.51. The van der Waals surface area contributed by atoms with Crippen molar-refractivity contribution in [2.24, 2.45) is 5.92 Å². The van der Waals surface area contributed by atoms with Crippen molar-refractivity contribution < 1.29 is 0 Å². The van der Waals surface area contributed by atoms with Crippen LogP contribution in [0, 0.1) is 5.92 Å². The second-order valence-electron chi connectivity index (χ2n) is 4.81. The molecule has 1 saturated heterocycles. The molecule has 7 nitrogen and oxygen atoms in total. The standard InChI is InChI=1S/C11H15N5O2/c1-5-3-2-4-12-6(5)8-13-7-9(14-8)15-11(18)16-10(7)17/h5-6,12H,2-4H2,1H3,(H3,13,14,15,16,17,18). The zero-order valence-electron chi connectivity index (χ0n) is 10.0. The van der Waals surface area contributed by atoms with Gasteiger partial charge < -0.3 is 10.3 Å². The smallest absolute Gasteiger partial charge is 0.327 e. The topological polar surface area (TPSA) is 106 Å². The van der Waals surface area contributed by atoms with Gasteiger partial charge >= 0.3 is 5.69 Å². The number of H-pyrrole nitrogens is 3. The van der Waals surface area contributed by atoms with E-state index >= 15 is 0 Å². The van der Waals surface area contributed by atoms with Crippen LogP contribution in [0.15, 0.2) is 9.59 Å². The van der Waals surface area contributed by atoms with Crippen LogP contribution in [-0.4, -0.2) is 26.5 Å². The van der Waals surface area contributed by atoms with Crippen molar-refractivity contribution in [1.29, 1.82) is 0 Å². The van der Waals surface area contributed by atoms with Crippen LogP contribution in [0.5, 0.6) is 0 Å². The van der Waals surface area contributed by atoms with Gasteiger partial charge in [0.1, 0.15) is 11.3 Å². The number of hydrogen-bond acceptors (Lipinski definition) is 4. The van der Waals surface area contributed by atoms with Crippen molar-refractivity contribution >= 4 is 11.2 Å². The van der Waals surface area contributed by atoms with Crippen LogP contribution >= 0.6 is 0 Å². The highest BCUT2D eigenvalue weighted by atomic mass is 16.2. The molecule has 2 atom stereocenters. The number of piperidine rings is 1. The number of imidazole rings is 1. The number of hydrogen-bond donors (Lipinski definition) is 4. The molecular formula is C11H15N5O2. The molecule has 1 aliphatic heterocycles. The number of rotatable bonds is 1. The minimum atomic E-state index is -0.532. The van der Waals surface area contributed by atoms with Crippen molar-refractivity contribution in [2.45, 2.75) is 25.8 Å². The van der Waals surface area contributed by atoms with Gasteiger partial charge in [-0.05, 0) is 25.3 Å². The van der Waals surface area contributed by atoms with Gasteiger partial charge in [0.15, 0.2) is 5.65 Å². The molecule has 18 heavy (non-hydrogen) atoms. The summed E-state index contributed by atoms with van der Waals surface area (Å²) in [5.41, 5.74) is -0.325. The molecule has 0 aliphatic carbocycles. The van der Waals surface area contributed by atoms with E-state index in [1.807, 2.05) is 0 Å². The lowest BCUT2D eigenvalue weighted by Gasteiger charge is -2.28. The quantitative estimate of drug-likeness (QED) is 0.570. The highest BCUT2D eigenvalue weighted by molar-refractivity contribution is 5.68. The lowest BCUT2D eigenvalue weighted by molar-refractivity contribution is 0.296. The summed E-state index contributed by atoms with van der Waals surface area (Å²) in [4.78, 5) is 34.8. The van der Waals surface area contributed by atoms with Crippen molar-refractivity contribution in [3.63, 3.8) is 0 Å². The number of nitrogens with zero attached hydrogens (tertiary/aromatic N) is 1. The van der Waals surface area contributed by atoms with Gasteiger partial charge in [0.25, 0.3) is 5.56 Å². The first-order chi connectivity index (χ1) is 8.65. The Bertz CT molecular complexity index is 683. The summed E-state index contributed by atoms with van der Waals surface area (Å²) in [6.07, 6.45) is 2.27. The third kappa shape index (κ3) is 1.76. The Morgan fingerprint density at radius 2 is 2.06 bits per heavy atom. The predicted molar refractivity (Wildman–Crippen MR) is 66.5 cm³/mol. The van der Waals surface area contributed by atoms with Crippen molar-refractivity contribution in [1.82, 2.24) is 25.3 Å². The molecule has 1 aliphatic rings. The number of aromatic nitrogens is 4. The number of aromatic amines is 3. The zero-order chi connectivity index (χ0) is 12.7. The molecule has 96 valence electrons. The molecule has 3 heterocycles. The fourth-order valence-corrected chi connectivity index (χ4v) is 2.51. The van der Waals surface area contributed by atoms with Crippen LogP contribution in [0.1, 0.15) is 31.6 Å². The zero-order valence-corrected chi connectivity index (χ0v) is 10.0. The van der Waals surface area contributed by atoms with Crippen LogP contribution in [0.3, 0.4) is 0 Å². The summed E-state index contributed by atoms with van der Waals surface area (Å²) in [5.74, 6) is 1.16. The maximum Gasteiger partial charge on any atom is 0.327 e. The van der Waals surface area contributed by atoms with Crippen LogP contribution in [0.2, 0.25) is 0 Å². The summed E-state index contributed by atoms with van der Waals surface area (Å²) in [6.45, 7) is 3.09. The Morgan fingerprint density at radius 1 is 1.22 bits per heavy atom. The second-order valence-corrected chi connectivity index (χ2v) is 4.81. The van der Waals surface area contributed by atoms with Crippen LogP contribution in [0.4, 0.5) is 0 Å². The third-order valence-electron chi connectivity index (χ3n) is 3.47. The molecule has 4 N–H and O–H groups in total. The lowest BCUT2D eigenvalue weighted by Crippen LogP contribution is -2.33. The van der Waals surface area contributed by atoms with E-state index in [4.69, 9.17) is 0 Å². The van der Waals surface area contributed by atoms with Crippen LogP contribution in [-0.2, 0) is 0 Å². The van der Waals surface area contributed by atoms with E-state index in [9.17, 15) is 9.59 Å². The Morgan fingerprint density at radius 3 is 2.83 bits per heavy atom. The first-order valence-corrected chi connectivity index (χ1v) is 6.11. The van der Waals surface area contributed by atoms with Gasteiger partial charge in [-0.25, -0.2) is 9.78 Å². The van der Waals surface area contributed by atoms with Crippen molar-refractivity contribution in [3.8, 4) is 0 Å². The minimum absolute atomic E-state index is 0.106. The van der Waals surface area contributed by atoms with Gasteiger partial charge in [-0.15, -0.1) is 0 Å². The molecule has 0 amide bonds. The van der Waals surface area contributed by atoms with E-state index in [0.29, 0.717) is 22.9 Å². The van der Waals surface area contributed by atoms with Gasteiger partial charge in [-0.3, -0.25) is 14.8 Å². The predicted octanol–water partition coefficient (Wildman–Crippen LogP) is 0.0001000. The molecule has 3 rings (SSSR count). The van der Waals surface area contributed by atoms with Crippen molar-refractivity contribution in [3.05, 3.63) is 26.7 Å². The van der Waals surface area contributed by atoms with Gasteiger partial charge in [0, 0.05) is 0 Å². The second kappa shape index (κ2) is 4.09. The number of nitrogens with one attached hydrogen (secondary N) is 4. The van der Waals surface area contributed by atoms with E-state index in [1.54, 1.807) is 0 Å². The Hall–Kier alpha value is -1.89. The van der Waals surface area contributed by atoms with Gasteiger partial charge in [0.05, 0.1) is 6.04 Å². The van der Waals surface area contributed by atoms with E-state index in [-0.39, 0.29) is 6.04 Å². The fraction of sp³-hybridized carbons (Fsp3) is 0.545. The highest BCUT2D eigenvalue weighted by Crippen LogP contribution is 2.27. The SMILES string of the molecule is CC1CCCNC1c1nc2[nH]c(=O)[nH]c(=O)c2[nH]1. The van der Waals surface area contributed by atoms with E-state index in [1.165, 1.54) is 0 Å². The Labute approximate surface area is 102 Å². The van der Waals surface area contributed by atoms with E-state index < -0.39 is 11.2 Å². The summed E-state index contributed by atoms with van der Waals surface area (Å²) < 4.78 is 0. The van der Waals surface area contributed by atoms with Crippen LogP contribution < -0.4 is 16.6 Å². The van der Waals surface area contributed by atoms with E-state index in [0.717, 1.165) is 19.4 Å². The minimum Gasteiger partial charge on any atom is -0.335 e. The molecule has 2 aromatic rings. The molecule has 0 bridgehead atoms. The summed E-state index contributed by atoms with van der Waals surface area (Å²) in [6, 6.07) is 0.106. The number of fused-ring (bicyclic) bond motifs is 1. The molecule has 2 unspecified atom stereocenters. The maximum atomic E-state index is 11.6.